The van der Waals surface area contributed by atoms with Crippen molar-refractivity contribution in [2.45, 2.75) is 45.8 Å². The first kappa shape index (κ1) is 15.5. The van der Waals surface area contributed by atoms with Gasteiger partial charge in [0.1, 0.15) is 0 Å². The molecular weight excluding hydrogens is 262 g/mol. The summed E-state index contributed by atoms with van der Waals surface area (Å²) < 4.78 is 1.55. The van der Waals surface area contributed by atoms with Gasteiger partial charge < -0.3 is 9.67 Å². The van der Waals surface area contributed by atoms with Crippen LogP contribution in [0.1, 0.15) is 43.6 Å². The molecule has 2 aromatic rings. The molecule has 0 amide bonds. The topological polar surface area (TPSA) is 42.2 Å². The van der Waals surface area contributed by atoms with Crippen molar-refractivity contribution >= 4 is 0 Å². The van der Waals surface area contributed by atoms with E-state index >= 15 is 0 Å². The first-order valence-electron chi connectivity index (χ1n) is 7.23. The highest BCUT2D eigenvalue weighted by Gasteiger charge is 2.15. The summed E-state index contributed by atoms with van der Waals surface area (Å²) in [4.78, 5) is 12.0. The molecule has 3 nitrogen and oxygen atoms in total. The Morgan fingerprint density at radius 1 is 1.14 bits per heavy atom. The fraction of sp³-hybridized carbons (Fsp3) is 0.389. The van der Waals surface area contributed by atoms with Crippen LogP contribution < -0.4 is 5.56 Å². The normalized spacial score (nSPS) is 13.2. The number of pyridine rings is 1. The second-order valence-corrected chi connectivity index (χ2v) is 6.54. The van der Waals surface area contributed by atoms with E-state index in [1.807, 2.05) is 30.3 Å². The first-order valence-corrected chi connectivity index (χ1v) is 7.23. The van der Waals surface area contributed by atoms with Gasteiger partial charge in [0.2, 0.25) is 0 Å². The van der Waals surface area contributed by atoms with Crippen molar-refractivity contribution in [3.63, 3.8) is 0 Å². The average Bonchev–Trinajstić information content (AvgIpc) is 2.43. The molecule has 1 N–H and O–H groups in total. The quantitative estimate of drug-likeness (QED) is 0.941. The smallest absolute Gasteiger partial charge is 0.253 e. The van der Waals surface area contributed by atoms with Crippen LogP contribution in [0.4, 0.5) is 0 Å². The molecular formula is C18H23NO2. The number of hydrogen-bond donors (Lipinski definition) is 1. The Morgan fingerprint density at radius 2 is 1.76 bits per heavy atom. The van der Waals surface area contributed by atoms with Gasteiger partial charge in [-0.2, -0.15) is 0 Å². The zero-order valence-electron chi connectivity index (χ0n) is 13.1. The van der Waals surface area contributed by atoms with Crippen molar-refractivity contribution in [3.05, 3.63) is 69.6 Å². The summed E-state index contributed by atoms with van der Waals surface area (Å²) in [5.74, 6) is 0. The fourth-order valence-electron chi connectivity index (χ4n) is 2.30. The van der Waals surface area contributed by atoms with Gasteiger partial charge in [-0.3, -0.25) is 4.79 Å². The maximum absolute atomic E-state index is 12.0. The van der Waals surface area contributed by atoms with Gasteiger partial charge in [-0.15, -0.1) is 0 Å². The lowest BCUT2D eigenvalue weighted by molar-refractivity contribution is 0.155. The Balaban J connectivity index is 2.19. The standard InChI is InChI=1S/C18H23NO2/c1-13-6-5-11-19(17(13)21)12-16(20)14-7-9-15(10-8-14)18(2,3)4/h5-11,16,20H,12H2,1-4H3. The van der Waals surface area contributed by atoms with Crippen LogP contribution >= 0.6 is 0 Å². The van der Waals surface area contributed by atoms with Gasteiger partial charge in [0, 0.05) is 11.8 Å². The van der Waals surface area contributed by atoms with Gasteiger partial charge >= 0.3 is 0 Å². The number of aliphatic hydroxyl groups excluding tert-OH is 1. The molecule has 0 saturated carbocycles. The Morgan fingerprint density at radius 3 is 2.33 bits per heavy atom. The summed E-state index contributed by atoms with van der Waals surface area (Å²) in [5.41, 5.74) is 2.79. The molecule has 2 rings (SSSR count). The molecule has 0 spiro atoms. The van der Waals surface area contributed by atoms with Crippen molar-refractivity contribution in [1.82, 2.24) is 4.57 Å². The van der Waals surface area contributed by atoms with Crippen LogP contribution in [-0.2, 0) is 12.0 Å². The van der Waals surface area contributed by atoms with Crippen molar-refractivity contribution in [2.24, 2.45) is 0 Å². The lowest BCUT2D eigenvalue weighted by atomic mass is 9.86. The number of benzene rings is 1. The summed E-state index contributed by atoms with van der Waals surface area (Å²) in [6, 6.07) is 11.6. The number of aryl methyl sites for hydroxylation is 1. The molecule has 112 valence electrons. The zero-order valence-corrected chi connectivity index (χ0v) is 13.1. The lowest BCUT2D eigenvalue weighted by Crippen LogP contribution is -2.24. The van der Waals surface area contributed by atoms with Crippen molar-refractivity contribution < 1.29 is 5.11 Å². The number of aliphatic hydroxyl groups is 1. The molecule has 0 aliphatic rings. The van der Waals surface area contributed by atoms with Crippen LogP contribution in [0.3, 0.4) is 0 Å². The number of hydrogen-bond acceptors (Lipinski definition) is 2. The van der Waals surface area contributed by atoms with E-state index in [9.17, 15) is 9.90 Å². The van der Waals surface area contributed by atoms with Crippen LogP contribution in [0.2, 0.25) is 0 Å². The minimum Gasteiger partial charge on any atom is -0.387 e. The van der Waals surface area contributed by atoms with E-state index in [1.54, 1.807) is 23.8 Å². The molecule has 0 aliphatic heterocycles. The largest absolute Gasteiger partial charge is 0.387 e. The second-order valence-electron chi connectivity index (χ2n) is 6.54. The second kappa shape index (κ2) is 5.86. The highest BCUT2D eigenvalue weighted by Crippen LogP contribution is 2.24. The third-order valence-electron chi connectivity index (χ3n) is 3.74. The molecule has 0 aliphatic carbocycles. The van der Waals surface area contributed by atoms with E-state index in [0.29, 0.717) is 5.56 Å². The number of rotatable bonds is 3. The van der Waals surface area contributed by atoms with Gasteiger partial charge in [0.25, 0.3) is 5.56 Å². The highest BCUT2D eigenvalue weighted by atomic mass is 16.3. The molecule has 1 aromatic heterocycles. The van der Waals surface area contributed by atoms with Crippen LogP contribution in [-0.4, -0.2) is 9.67 Å². The minimum absolute atomic E-state index is 0.0529. The van der Waals surface area contributed by atoms with Crippen LogP contribution in [0.5, 0.6) is 0 Å². The number of aromatic nitrogens is 1. The Labute approximate surface area is 125 Å². The third-order valence-corrected chi connectivity index (χ3v) is 3.74. The van der Waals surface area contributed by atoms with Crippen LogP contribution in [0, 0.1) is 6.92 Å². The van der Waals surface area contributed by atoms with E-state index in [1.165, 1.54) is 5.56 Å². The molecule has 0 saturated heterocycles. The monoisotopic (exact) mass is 285 g/mol. The van der Waals surface area contributed by atoms with Gasteiger partial charge in [0.05, 0.1) is 12.6 Å². The molecule has 21 heavy (non-hydrogen) atoms. The SMILES string of the molecule is Cc1cccn(CC(O)c2ccc(C(C)(C)C)cc2)c1=O. The van der Waals surface area contributed by atoms with E-state index in [0.717, 1.165) is 5.56 Å². The van der Waals surface area contributed by atoms with Crippen molar-refractivity contribution in [1.29, 1.82) is 0 Å². The predicted molar refractivity (Wildman–Crippen MR) is 85.5 cm³/mol. The predicted octanol–water partition coefficient (Wildman–Crippen LogP) is 3.19. The summed E-state index contributed by atoms with van der Waals surface area (Å²) in [5, 5.41) is 10.3. The van der Waals surface area contributed by atoms with Crippen molar-refractivity contribution in [3.8, 4) is 0 Å². The molecule has 0 radical (unpaired) electrons. The third kappa shape index (κ3) is 3.61. The van der Waals surface area contributed by atoms with Crippen LogP contribution in [0.15, 0.2) is 47.4 Å². The molecule has 1 atom stereocenters. The highest BCUT2D eigenvalue weighted by molar-refractivity contribution is 5.28. The van der Waals surface area contributed by atoms with Gasteiger partial charge in [-0.25, -0.2) is 0 Å². The Kier molecular flexibility index (Phi) is 4.33. The Hall–Kier alpha value is -1.87. The van der Waals surface area contributed by atoms with Crippen molar-refractivity contribution in [2.75, 3.05) is 0 Å². The van der Waals surface area contributed by atoms with Gasteiger partial charge in [-0.1, -0.05) is 51.1 Å². The van der Waals surface area contributed by atoms with Crippen LogP contribution in [0.25, 0.3) is 0 Å². The summed E-state index contributed by atoms with van der Waals surface area (Å²) in [6.45, 7) is 8.53. The maximum Gasteiger partial charge on any atom is 0.253 e. The van der Waals surface area contributed by atoms with E-state index in [4.69, 9.17) is 0 Å². The van der Waals surface area contributed by atoms with E-state index in [2.05, 4.69) is 20.8 Å². The average molecular weight is 285 g/mol. The maximum atomic E-state index is 12.0. The summed E-state index contributed by atoms with van der Waals surface area (Å²) in [7, 11) is 0. The fourth-order valence-corrected chi connectivity index (χ4v) is 2.30. The Bertz CT molecular complexity index is 663. The molecule has 1 unspecified atom stereocenters. The summed E-state index contributed by atoms with van der Waals surface area (Å²) in [6.07, 6.45) is 1.03. The van der Waals surface area contributed by atoms with Gasteiger partial charge in [0.15, 0.2) is 0 Å². The first-order chi connectivity index (χ1) is 9.79. The van der Waals surface area contributed by atoms with E-state index < -0.39 is 6.10 Å². The number of nitrogens with zero attached hydrogens (tertiary/aromatic N) is 1. The molecule has 1 aromatic carbocycles. The minimum atomic E-state index is -0.682. The summed E-state index contributed by atoms with van der Waals surface area (Å²) >= 11 is 0. The molecule has 0 bridgehead atoms. The van der Waals surface area contributed by atoms with Gasteiger partial charge in [-0.05, 0) is 29.5 Å². The zero-order chi connectivity index (χ0) is 15.6. The van der Waals surface area contributed by atoms with E-state index in [-0.39, 0.29) is 17.5 Å². The molecule has 3 heteroatoms. The molecule has 0 fully saturated rings. The molecule has 1 heterocycles. The lowest BCUT2D eigenvalue weighted by Gasteiger charge is -2.20.